The molecule has 0 aromatic heterocycles. The van der Waals surface area contributed by atoms with Gasteiger partial charge in [-0.1, -0.05) is 20.8 Å². The van der Waals surface area contributed by atoms with E-state index in [9.17, 15) is 4.79 Å². The Bertz CT molecular complexity index is 84.4. The van der Waals surface area contributed by atoms with Gasteiger partial charge in [-0.2, -0.15) is 0 Å². The number of ketones is 1. The van der Waals surface area contributed by atoms with Crippen molar-refractivity contribution in [3.8, 4) is 0 Å². The second-order valence-electron chi connectivity index (χ2n) is 2.64. The van der Waals surface area contributed by atoms with Gasteiger partial charge >= 0.3 is 0 Å². The molecule has 8 heavy (non-hydrogen) atoms. The van der Waals surface area contributed by atoms with Crippen molar-refractivity contribution in [1.29, 1.82) is 0 Å². The van der Waals surface area contributed by atoms with Crippen LogP contribution in [0.2, 0.25) is 0 Å². The zero-order valence-corrected chi connectivity index (χ0v) is 6.06. The molecule has 1 atom stereocenters. The van der Waals surface area contributed by atoms with Gasteiger partial charge in [-0.05, 0) is 12.8 Å². The first-order valence-corrected chi connectivity index (χ1v) is 3.06. The largest absolute Gasteiger partial charge is 0.300 e. The molecule has 0 aliphatic rings. The van der Waals surface area contributed by atoms with E-state index in [1.54, 1.807) is 6.92 Å². The lowest BCUT2D eigenvalue weighted by molar-refractivity contribution is -0.121. The van der Waals surface area contributed by atoms with Crippen molar-refractivity contribution in [1.82, 2.24) is 0 Å². The highest BCUT2D eigenvalue weighted by molar-refractivity contribution is 5.78. The standard InChI is InChI=1S/C7H14O/c1-5(2)6(3)7(4)8/h5-6H,1-4H3/t6-/m0/s1. The summed E-state index contributed by atoms with van der Waals surface area (Å²) < 4.78 is 0. The lowest BCUT2D eigenvalue weighted by Crippen LogP contribution is -2.12. The molecule has 0 spiro atoms. The molecule has 0 aliphatic heterocycles. The summed E-state index contributed by atoms with van der Waals surface area (Å²) in [6.07, 6.45) is 0. The molecular weight excluding hydrogens is 100 g/mol. The van der Waals surface area contributed by atoms with Crippen LogP contribution in [0.4, 0.5) is 0 Å². The Hall–Kier alpha value is -0.330. The van der Waals surface area contributed by atoms with Gasteiger partial charge in [0, 0.05) is 5.92 Å². The summed E-state index contributed by atoms with van der Waals surface area (Å²) in [5, 5.41) is 0. The molecule has 0 aliphatic carbocycles. The highest BCUT2D eigenvalue weighted by Crippen LogP contribution is 2.09. The van der Waals surface area contributed by atoms with Crippen molar-refractivity contribution in [2.75, 3.05) is 0 Å². The first-order chi connectivity index (χ1) is 3.55. The fourth-order valence-corrected chi connectivity index (χ4v) is 0.469. The zero-order valence-electron chi connectivity index (χ0n) is 6.06. The molecule has 0 heterocycles. The molecule has 1 heteroatoms. The van der Waals surface area contributed by atoms with Gasteiger partial charge in [0.25, 0.3) is 0 Å². The SMILES string of the molecule is CC(=O)[C@@H](C)C(C)C. The topological polar surface area (TPSA) is 17.1 Å². The summed E-state index contributed by atoms with van der Waals surface area (Å²) in [4.78, 5) is 10.6. The summed E-state index contributed by atoms with van der Waals surface area (Å²) in [6.45, 7) is 7.73. The minimum Gasteiger partial charge on any atom is -0.300 e. The molecule has 0 aromatic carbocycles. The van der Waals surface area contributed by atoms with Crippen LogP contribution in [0.1, 0.15) is 27.7 Å². The van der Waals surface area contributed by atoms with Crippen molar-refractivity contribution >= 4 is 5.78 Å². The monoisotopic (exact) mass is 114 g/mol. The van der Waals surface area contributed by atoms with Crippen LogP contribution >= 0.6 is 0 Å². The van der Waals surface area contributed by atoms with Gasteiger partial charge in [0.2, 0.25) is 0 Å². The summed E-state index contributed by atoms with van der Waals surface area (Å²) in [6, 6.07) is 0. The molecule has 48 valence electrons. The predicted molar refractivity (Wildman–Crippen MR) is 34.7 cm³/mol. The number of rotatable bonds is 2. The maximum atomic E-state index is 10.6. The van der Waals surface area contributed by atoms with Crippen LogP contribution < -0.4 is 0 Å². The van der Waals surface area contributed by atoms with Crippen LogP contribution in [0.25, 0.3) is 0 Å². The van der Waals surface area contributed by atoms with E-state index in [1.807, 2.05) is 6.92 Å². The molecule has 0 fully saturated rings. The van der Waals surface area contributed by atoms with Crippen molar-refractivity contribution in [3.63, 3.8) is 0 Å². The van der Waals surface area contributed by atoms with E-state index in [4.69, 9.17) is 0 Å². The van der Waals surface area contributed by atoms with E-state index in [2.05, 4.69) is 13.8 Å². The third kappa shape index (κ3) is 2.10. The molecule has 0 N–H and O–H groups in total. The Balaban J connectivity index is 3.64. The summed E-state index contributed by atoms with van der Waals surface area (Å²) in [5.74, 6) is 1.02. The minimum absolute atomic E-state index is 0.231. The molecule has 0 bridgehead atoms. The van der Waals surface area contributed by atoms with Crippen LogP contribution in [-0.2, 0) is 4.79 Å². The molecule has 0 aromatic rings. The van der Waals surface area contributed by atoms with E-state index in [0.29, 0.717) is 11.7 Å². The van der Waals surface area contributed by atoms with Gasteiger partial charge in [0.15, 0.2) is 0 Å². The summed E-state index contributed by atoms with van der Waals surface area (Å²) in [5.41, 5.74) is 0. The third-order valence-corrected chi connectivity index (χ3v) is 1.64. The Morgan fingerprint density at radius 1 is 1.25 bits per heavy atom. The predicted octanol–water partition coefficient (Wildman–Crippen LogP) is 1.87. The second kappa shape index (κ2) is 2.85. The normalized spacial score (nSPS) is 14.1. The fraction of sp³-hybridized carbons (Fsp3) is 0.857. The van der Waals surface area contributed by atoms with E-state index in [1.165, 1.54) is 0 Å². The highest BCUT2D eigenvalue weighted by atomic mass is 16.1. The van der Waals surface area contributed by atoms with Crippen LogP contribution in [0.5, 0.6) is 0 Å². The third-order valence-electron chi connectivity index (χ3n) is 1.64. The minimum atomic E-state index is 0.231. The van der Waals surface area contributed by atoms with Crippen LogP contribution in [0.3, 0.4) is 0 Å². The Kier molecular flexibility index (Phi) is 2.74. The van der Waals surface area contributed by atoms with Crippen LogP contribution in [-0.4, -0.2) is 5.78 Å². The Labute approximate surface area is 51.1 Å². The van der Waals surface area contributed by atoms with E-state index in [0.717, 1.165) is 0 Å². The first-order valence-electron chi connectivity index (χ1n) is 3.06. The first kappa shape index (κ1) is 7.67. The zero-order chi connectivity index (χ0) is 6.73. The fourth-order valence-electron chi connectivity index (χ4n) is 0.469. The van der Waals surface area contributed by atoms with Gasteiger partial charge in [0.05, 0.1) is 0 Å². The van der Waals surface area contributed by atoms with E-state index >= 15 is 0 Å². The van der Waals surface area contributed by atoms with E-state index in [-0.39, 0.29) is 5.92 Å². The van der Waals surface area contributed by atoms with Crippen molar-refractivity contribution in [2.24, 2.45) is 11.8 Å². The average Bonchev–Trinajstić information content (AvgIpc) is 1.64. The van der Waals surface area contributed by atoms with Crippen molar-refractivity contribution < 1.29 is 4.79 Å². The van der Waals surface area contributed by atoms with Crippen LogP contribution in [0.15, 0.2) is 0 Å². The number of hydrogen-bond acceptors (Lipinski definition) is 1. The molecule has 0 rings (SSSR count). The molecule has 0 unspecified atom stereocenters. The maximum Gasteiger partial charge on any atom is 0.132 e. The maximum absolute atomic E-state index is 10.6. The number of carbonyl (C=O) groups excluding carboxylic acids is 1. The lowest BCUT2D eigenvalue weighted by Gasteiger charge is -2.09. The van der Waals surface area contributed by atoms with Crippen LogP contribution in [0, 0.1) is 11.8 Å². The van der Waals surface area contributed by atoms with Gasteiger partial charge in [-0.3, -0.25) is 4.79 Å². The molecule has 0 saturated heterocycles. The smallest absolute Gasteiger partial charge is 0.132 e. The Morgan fingerprint density at radius 2 is 1.62 bits per heavy atom. The molecule has 0 saturated carbocycles. The van der Waals surface area contributed by atoms with Gasteiger partial charge in [-0.15, -0.1) is 0 Å². The average molecular weight is 114 g/mol. The highest BCUT2D eigenvalue weighted by Gasteiger charge is 2.10. The lowest BCUT2D eigenvalue weighted by atomic mass is 9.95. The van der Waals surface area contributed by atoms with Gasteiger partial charge in [0.1, 0.15) is 5.78 Å². The quantitative estimate of drug-likeness (QED) is 0.535. The number of hydrogen-bond donors (Lipinski definition) is 0. The molecular formula is C7H14O. The summed E-state index contributed by atoms with van der Waals surface area (Å²) >= 11 is 0. The van der Waals surface area contributed by atoms with Crippen molar-refractivity contribution in [2.45, 2.75) is 27.7 Å². The molecule has 0 radical (unpaired) electrons. The van der Waals surface area contributed by atoms with E-state index < -0.39 is 0 Å². The number of Topliss-reactive ketones (excluding diaryl/α,β-unsaturated/α-hetero) is 1. The molecule has 0 amide bonds. The van der Waals surface area contributed by atoms with Gasteiger partial charge in [-0.25, -0.2) is 0 Å². The van der Waals surface area contributed by atoms with Gasteiger partial charge < -0.3 is 0 Å². The number of carbonyl (C=O) groups is 1. The van der Waals surface area contributed by atoms with Crippen molar-refractivity contribution in [3.05, 3.63) is 0 Å². The summed E-state index contributed by atoms with van der Waals surface area (Å²) in [7, 11) is 0. The molecule has 1 nitrogen and oxygen atoms in total. The second-order valence-corrected chi connectivity index (χ2v) is 2.64. The Morgan fingerprint density at radius 3 is 1.62 bits per heavy atom.